The fourth-order valence-corrected chi connectivity index (χ4v) is 2.78. The lowest BCUT2D eigenvalue weighted by atomic mass is 9.98. The van der Waals surface area contributed by atoms with Gasteiger partial charge >= 0.3 is 0 Å². The van der Waals surface area contributed by atoms with Crippen molar-refractivity contribution in [3.8, 4) is 0 Å². The first kappa shape index (κ1) is 13.6. The molecule has 0 saturated carbocycles. The maximum absolute atomic E-state index is 12.4. The topological polar surface area (TPSA) is 59.5 Å². The summed E-state index contributed by atoms with van der Waals surface area (Å²) >= 11 is 0. The van der Waals surface area contributed by atoms with Gasteiger partial charge in [-0.05, 0) is 42.8 Å². The molecule has 1 amide bonds. The Morgan fingerprint density at radius 2 is 2.19 bits per heavy atom. The van der Waals surface area contributed by atoms with Gasteiger partial charge in [-0.15, -0.1) is 0 Å². The summed E-state index contributed by atoms with van der Waals surface area (Å²) in [5.74, 6) is 0.972. The Kier molecular flexibility index (Phi) is 3.88. The van der Waals surface area contributed by atoms with Crippen LogP contribution in [0.5, 0.6) is 0 Å². The molecule has 2 heterocycles. The lowest BCUT2D eigenvalue weighted by molar-refractivity contribution is -0.114. The van der Waals surface area contributed by atoms with Crippen LogP contribution >= 0.6 is 0 Å². The number of amides is 1. The quantitative estimate of drug-likeness (QED) is 0.877. The number of benzene rings is 1. The van der Waals surface area contributed by atoms with Crippen molar-refractivity contribution in [1.82, 2.24) is 0 Å². The zero-order chi connectivity index (χ0) is 14.7. The van der Waals surface area contributed by atoms with Crippen LogP contribution in [0.15, 0.2) is 53.2 Å². The molecule has 1 unspecified atom stereocenters. The van der Waals surface area contributed by atoms with Crippen molar-refractivity contribution in [3.63, 3.8) is 0 Å². The van der Waals surface area contributed by atoms with Crippen molar-refractivity contribution >= 4 is 17.7 Å². The Morgan fingerprint density at radius 1 is 1.33 bits per heavy atom. The van der Waals surface area contributed by atoms with Crippen molar-refractivity contribution in [2.24, 2.45) is 5.73 Å². The second-order valence-corrected chi connectivity index (χ2v) is 5.13. The Hall–Kier alpha value is -2.33. The highest BCUT2D eigenvalue weighted by Crippen LogP contribution is 2.37. The van der Waals surface area contributed by atoms with Crippen LogP contribution in [0, 0.1) is 0 Å². The van der Waals surface area contributed by atoms with Gasteiger partial charge in [0.15, 0.2) is 0 Å². The summed E-state index contributed by atoms with van der Waals surface area (Å²) in [6.45, 7) is 1.32. The molecular formula is C17H18N2O2. The lowest BCUT2D eigenvalue weighted by Crippen LogP contribution is -2.28. The van der Waals surface area contributed by atoms with Crippen LogP contribution in [-0.4, -0.2) is 19.0 Å². The van der Waals surface area contributed by atoms with Gasteiger partial charge in [-0.2, -0.15) is 0 Å². The van der Waals surface area contributed by atoms with Gasteiger partial charge in [0.25, 0.3) is 5.91 Å². The fraction of sp³-hybridized carbons (Fsp3) is 0.235. The van der Waals surface area contributed by atoms with E-state index < -0.39 is 0 Å². The monoisotopic (exact) mass is 282 g/mol. The fourth-order valence-electron chi connectivity index (χ4n) is 2.78. The van der Waals surface area contributed by atoms with E-state index >= 15 is 0 Å². The summed E-state index contributed by atoms with van der Waals surface area (Å²) in [6.07, 6.45) is 5.73. The third-order valence-corrected chi connectivity index (χ3v) is 3.78. The maximum Gasteiger partial charge on any atom is 0.251 e. The average Bonchev–Trinajstić information content (AvgIpc) is 3.14. The second kappa shape index (κ2) is 5.97. The minimum Gasteiger partial charge on any atom is -0.465 e. The Labute approximate surface area is 123 Å². The Bertz CT molecular complexity index is 647. The van der Waals surface area contributed by atoms with E-state index in [0.717, 1.165) is 12.1 Å². The first-order chi connectivity index (χ1) is 10.3. The Morgan fingerprint density at radius 3 is 2.95 bits per heavy atom. The van der Waals surface area contributed by atoms with E-state index in [4.69, 9.17) is 10.2 Å². The summed E-state index contributed by atoms with van der Waals surface area (Å²) in [5.41, 5.74) is 7.88. The van der Waals surface area contributed by atoms with Gasteiger partial charge in [-0.1, -0.05) is 18.2 Å². The second-order valence-electron chi connectivity index (χ2n) is 5.13. The molecule has 4 heteroatoms. The molecule has 0 aliphatic carbocycles. The number of nitrogens with two attached hydrogens (primary N) is 1. The molecule has 0 fully saturated rings. The van der Waals surface area contributed by atoms with E-state index in [0.29, 0.717) is 24.8 Å². The molecule has 3 rings (SSSR count). The van der Waals surface area contributed by atoms with E-state index in [-0.39, 0.29) is 5.91 Å². The van der Waals surface area contributed by atoms with Gasteiger partial charge in [0, 0.05) is 24.2 Å². The molecule has 2 N–H and O–H groups in total. The standard InChI is InChI=1S/C17H18N2O2/c18-10-9-13-12-19(16-6-2-1-5-15(13)16)17(20)8-7-14-4-3-11-21-14/h1-8,11,13H,9-10,12,18H2. The number of furan rings is 1. The molecule has 1 aliphatic rings. The lowest BCUT2D eigenvalue weighted by Gasteiger charge is -2.15. The van der Waals surface area contributed by atoms with E-state index in [1.165, 1.54) is 5.56 Å². The molecule has 2 aromatic rings. The van der Waals surface area contributed by atoms with E-state index in [9.17, 15) is 4.79 Å². The number of fused-ring (bicyclic) bond motifs is 1. The highest BCUT2D eigenvalue weighted by molar-refractivity contribution is 6.05. The smallest absolute Gasteiger partial charge is 0.251 e. The largest absolute Gasteiger partial charge is 0.465 e. The predicted octanol–water partition coefficient (Wildman–Crippen LogP) is 2.77. The minimum absolute atomic E-state index is 0.0293. The van der Waals surface area contributed by atoms with Crippen LogP contribution in [0.25, 0.3) is 6.08 Å². The number of carbonyl (C=O) groups is 1. The Balaban J connectivity index is 1.81. The molecule has 0 bridgehead atoms. The van der Waals surface area contributed by atoms with Gasteiger partial charge in [-0.3, -0.25) is 4.79 Å². The number of carbonyl (C=O) groups excluding carboxylic acids is 1. The SMILES string of the molecule is NCCC1CN(C(=O)C=Cc2ccco2)c2ccccc21. The highest BCUT2D eigenvalue weighted by Gasteiger charge is 2.30. The molecular weight excluding hydrogens is 264 g/mol. The molecule has 108 valence electrons. The number of nitrogens with zero attached hydrogens (tertiary/aromatic N) is 1. The number of hydrogen-bond donors (Lipinski definition) is 1. The number of para-hydroxylation sites is 1. The van der Waals surface area contributed by atoms with Crippen molar-refractivity contribution in [1.29, 1.82) is 0 Å². The minimum atomic E-state index is -0.0293. The van der Waals surface area contributed by atoms with Crippen LogP contribution in [-0.2, 0) is 4.79 Å². The normalized spacial score (nSPS) is 17.4. The number of hydrogen-bond acceptors (Lipinski definition) is 3. The molecule has 0 radical (unpaired) electrons. The van der Waals surface area contributed by atoms with E-state index in [1.54, 1.807) is 24.5 Å². The van der Waals surface area contributed by atoms with Gasteiger partial charge in [0.05, 0.1) is 6.26 Å². The molecule has 4 nitrogen and oxygen atoms in total. The van der Waals surface area contributed by atoms with Crippen molar-refractivity contribution in [3.05, 3.63) is 60.1 Å². The van der Waals surface area contributed by atoms with Gasteiger partial charge in [0.2, 0.25) is 0 Å². The van der Waals surface area contributed by atoms with Crippen LogP contribution in [0.1, 0.15) is 23.7 Å². The third-order valence-electron chi connectivity index (χ3n) is 3.78. The molecule has 1 aromatic carbocycles. The first-order valence-electron chi connectivity index (χ1n) is 7.11. The van der Waals surface area contributed by atoms with Crippen LogP contribution in [0.3, 0.4) is 0 Å². The van der Waals surface area contributed by atoms with Crippen LogP contribution in [0.2, 0.25) is 0 Å². The summed E-state index contributed by atoms with van der Waals surface area (Å²) in [5, 5.41) is 0. The van der Waals surface area contributed by atoms with Gasteiger partial charge in [0.1, 0.15) is 5.76 Å². The number of rotatable bonds is 4. The van der Waals surface area contributed by atoms with Crippen molar-refractivity contribution in [2.45, 2.75) is 12.3 Å². The molecule has 21 heavy (non-hydrogen) atoms. The predicted molar refractivity (Wildman–Crippen MR) is 82.9 cm³/mol. The molecule has 0 spiro atoms. The average molecular weight is 282 g/mol. The summed E-state index contributed by atoms with van der Waals surface area (Å²) < 4.78 is 5.20. The van der Waals surface area contributed by atoms with E-state index in [2.05, 4.69) is 6.07 Å². The third kappa shape index (κ3) is 2.76. The number of anilines is 1. The molecule has 1 aliphatic heterocycles. The zero-order valence-corrected chi connectivity index (χ0v) is 11.7. The molecule has 1 aromatic heterocycles. The summed E-state index contributed by atoms with van der Waals surface area (Å²) in [7, 11) is 0. The van der Waals surface area contributed by atoms with Crippen molar-refractivity contribution < 1.29 is 9.21 Å². The first-order valence-corrected chi connectivity index (χ1v) is 7.11. The summed E-state index contributed by atoms with van der Waals surface area (Å²) in [6, 6.07) is 11.7. The van der Waals surface area contributed by atoms with Gasteiger partial charge < -0.3 is 15.1 Å². The van der Waals surface area contributed by atoms with Gasteiger partial charge in [-0.25, -0.2) is 0 Å². The van der Waals surface area contributed by atoms with Crippen LogP contribution in [0.4, 0.5) is 5.69 Å². The summed E-state index contributed by atoms with van der Waals surface area (Å²) in [4.78, 5) is 14.2. The maximum atomic E-state index is 12.4. The van der Waals surface area contributed by atoms with Crippen LogP contribution < -0.4 is 10.6 Å². The zero-order valence-electron chi connectivity index (χ0n) is 11.7. The molecule has 1 atom stereocenters. The highest BCUT2D eigenvalue weighted by atomic mass is 16.3. The van der Waals surface area contributed by atoms with E-state index in [1.807, 2.05) is 29.2 Å². The molecule has 0 saturated heterocycles. The van der Waals surface area contributed by atoms with Crippen molar-refractivity contribution in [2.75, 3.05) is 18.0 Å².